The molecule has 0 saturated heterocycles. The quantitative estimate of drug-likeness (QED) is 0.813. The fraction of sp³-hybridized carbons (Fsp3) is 0.533. The van der Waals surface area contributed by atoms with Gasteiger partial charge in [-0.25, -0.2) is 0 Å². The Bertz CT molecular complexity index is 449. The highest BCUT2D eigenvalue weighted by Crippen LogP contribution is 2.26. The summed E-state index contributed by atoms with van der Waals surface area (Å²) >= 11 is 6.19. The standard InChI is InChI=1S/C15H23ClN2O2/c1-10(2)8-13(15(19)17-3)18-9-11-12(16)6-5-7-14(11)20-4/h5-7,10,13,18H,8-9H2,1-4H3,(H,17,19). The zero-order chi connectivity index (χ0) is 15.1. The first-order valence-electron chi connectivity index (χ1n) is 6.76. The molecule has 0 aromatic heterocycles. The molecule has 4 nitrogen and oxygen atoms in total. The molecular formula is C15H23ClN2O2. The number of carbonyl (C=O) groups is 1. The second-order valence-electron chi connectivity index (χ2n) is 5.10. The second-order valence-corrected chi connectivity index (χ2v) is 5.51. The third kappa shape index (κ3) is 4.69. The number of hydrogen-bond acceptors (Lipinski definition) is 3. The van der Waals surface area contributed by atoms with Gasteiger partial charge in [-0.05, 0) is 24.5 Å². The van der Waals surface area contributed by atoms with Crippen LogP contribution in [0.3, 0.4) is 0 Å². The Kier molecular flexibility index (Phi) is 6.82. The summed E-state index contributed by atoms with van der Waals surface area (Å²) in [6, 6.07) is 5.29. The first-order valence-corrected chi connectivity index (χ1v) is 7.13. The monoisotopic (exact) mass is 298 g/mol. The van der Waals surface area contributed by atoms with Crippen LogP contribution in [0.25, 0.3) is 0 Å². The molecule has 1 atom stereocenters. The Balaban J connectivity index is 2.79. The van der Waals surface area contributed by atoms with Crippen molar-refractivity contribution in [1.82, 2.24) is 10.6 Å². The average Bonchev–Trinajstić information content (AvgIpc) is 2.42. The van der Waals surface area contributed by atoms with Gasteiger partial charge in [-0.15, -0.1) is 0 Å². The number of likely N-dealkylation sites (N-methyl/N-ethyl adjacent to an activating group) is 1. The van der Waals surface area contributed by atoms with E-state index < -0.39 is 0 Å². The predicted molar refractivity (Wildman–Crippen MR) is 82.2 cm³/mol. The summed E-state index contributed by atoms with van der Waals surface area (Å²) in [4.78, 5) is 11.9. The van der Waals surface area contributed by atoms with Crippen molar-refractivity contribution < 1.29 is 9.53 Å². The number of methoxy groups -OCH3 is 1. The smallest absolute Gasteiger partial charge is 0.236 e. The van der Waals surface area contributed by atoms with Gasteiger partial charge in [-0.1, -0.05) is 31.5 Å². The van der Waals surface area contributed by atoms with Crippen molar-refractivity contribution in [3.63, 3.8) is 0 Å². The first kappa shape index (κ1) is 16.8. The number of halogens is 1. The number of nitrogens with one attached hydrogen (secondary N) is 2. The van der Waals surface area contributed by atoms with Crippen LogP contribution in [-0.4, -0.2) is 26.1 Å². The lowest BCUT2D eigenvalue weighted by Gasteiger charge is -2.20. The summed E-state index contributed by atoms with van der Waals surface area (Å²) in [5, 5.41) is 6.58. The minimum atomic E-state index is -0.235. The molecular weight excluding hydrogens is 276 g/mol. The number of rotatable bonds is 7. The molecule has 1 amide bonds. The van der Waals surface area contributed by atoms with E-state index in [4.69, 9.17) is 16.3 Å². The Morgan fingerprint density at radius 3 is 2.65 bits per heavy atom. The number of hydrogen-bond donors (Lipinski definition) is 2. The van der Waals surface area contributed by atoms with Crippen LogP contribution < -0.4 is 15.4 Å². The molecule has 112 valence electrons. The Morgan fingerprint density at radius 2 is 2.10 bits per heavy atom. The highest BCUT2D eigenvalue weighted by atomic mass is 35.5. The van der Waals surface area contributed by atoms with Gasteiger partial charge in [-0.3, -0.25) is 4.79 Å². The largest absolute Gasteiger partial charge is 0.496 e. The molecule has 0 spiro atoms. The van der Waals surface area contributed by atoms with Crippen LogP contribution in [0.5, 0.6) is 5.75 Å². The van der Waals surface area contributed by atoms with E-state index in [0.717, 1.165) is 17.7 Å². The molecule has 0 aliphatic carbocycles. The Hall–Kier alpha value is -1.26. The fourth-order valence-corrected chi connectivity index (χ4v) is 2.29. The van der Waals surface area contributed by atoms with Crippen LogP contribution in [0.4, 0.5) is 0 Å². The van der Waals surface area contributed by atoms with E-state index in [1.165, 1.54) is 0 Å². The predicted octanol–water partition coefficient (Wildman–Crippen LogP) is 2.60. The number of ether oxygens (including phenoxy) is 1. The third-order valence-corrected chi connectivity index (χ3v) is 3.45. The highest BCUT2D eigenvalue weighted by Gasteiger charge is 2.19. The normalized spacial score (nSPS) is 12.3. The van der Waals surface area contributed by atoms with Gasteiger partial charge >= 0.3 is 0 Å². The maximum absolute atomic E-state index is 11.9. The minimum absolute atomic E-state index is 0.00952. The minimum Gasteiger partial charge on any atom is -0.496 e. The van der Waals surface area contributed by atoms with Gasteiger partial charge in [0.2, 0.25) is 5.91 Å². The SMILES string of the molecule is CNC(=O)C(CC(C)C)NCc1c(Cl)cccc1OC. The van der Waals surface area contributed by atoms with Crippen molar-refractivity contribution in [1.29, 1.82) is 0 Å². The van der Waals surface area contributed by atoms with Crippen molar-refractivity contribution in [3.8, 4) is 5.75 Å². The summed E-state index contributed by atoms with van der Waals surface area (Å²) in [5.41, 5.74) is 0.870. The molecule has 0 bridgehead atoms. The molecule has 0 fully saturated rings. The van der Waals surface area contributed by atoms with Gasteiger partial charge in [-0.2, -0.15) is 0 Å². The van der Waals surface area contributed by atoms with E-state index in [9.17, 15) is 4.79 Å². The Labute approximate surface area is 125 Å². The van der Waals surface area contributed by atoms with Crippen LogP contribution in [-0.2, 0) is 11.3 Å². The fourth-order valence-electron chi connectivity index (χ4n) is 2.06. The first-order chi connectivity index (χ1) is 9.49. The molecule has 20 heavy (non-hydrogen) atoms. The molecule has 1 aromatic rings. The van der Waals surface area contributed by atoms with Gasteiger partial charge in [0.25, 0.3) is 0 Å². The van der Waals surface area contributed by atoms with Crippen LogP contribution in [0.2, 0.25) is 5.02 Å². The van der Waals surface area contributed by atoms with Gasteiger partial charge in [0.15, 0.2) is 0 Å². The zero-order valence-corrected chi connectivity index (χ0v) is 13.3. The summed E-state index contributed by atoms with van der Waals surface area (Å²) in [7, 11) is 3.26. The number of carbonyl (C=O) groups excluding carboxylic acids is 1. The average molecular weight is 299 g/mol. The molecule has 5 heteroatoms. The van der Waals surface area contributed by atoms with Gasteiger partial charge in [0, 0.05) is 24.2 Å². The summed E-state index contributed by atoms with van der Waals surface area (Å²) in [6.07, 6.45) is 0.770. The summed E-state index contributed by atoms with van der Waals surface area (Å²) < 4.78 is 5.30. The second kappa shape index (κ2) is 8.12. The van der Waals surface area contributed by atoms with Crippen LogP contribution in [0.15, 0.2) is 18.2 Å². The Morgan fingerprint density at radius 1 is 1.40 bits per heavy atom. The lowest BCUT2D eigenvalue weighted by molar-refractivity contribution is -0.123. The molecule has 0 radical (unpaired) electrons. The van der Waals surface area contributed by atoms with E-state index in [1.54, 1.807) is 14.2 Å². The highest BCUT2D eigenvalue weighted by molar-refractivity contribution is 6.31. The topological polar surface area (TPSA) is 50.4 Å². The van der Waals surface area contributed by atoms with E-state index in [1.807, 2.05) is 18.2 Å². The summed E-state index contributed by atoms with van der Waals surface area (Å²) in [6.45, 7) is 4.68. The molecule has 0 aliphatic heterocycles. The van der Waals surface area contributed by atoms with Gasteiger partial charge in [0.1, 0.15) is 5.75 Å². The van der Waals surface area contributed by atoms with Gasteiger partial charge < -0.3 is 15.4 Å². The van der Waals surface area contributed by atoms with E-state index in [2.05, 4.69) is 24.5 Å². The van der Waals surface area contributed by atoms with Crippen LogP contribution in [0, 0.1) is 5.92 Å². The van der Waals surface area contributed by atoms with Crippen molar-refractivity contribution in [2.75, 3.05) is 14.2 Å². The maximum Gasteiger partial charge on any atom is 0.236 e. The van der Waals surface area contributed by atoms with E-state index in [0.29, 0.717) is 17.5 Å². The summed E-state index contributed by atoms with van der Waals surface area (Å²) in [5.74, 6) is 1.15. The lowest BCUT2D eigenvalue weighted by Crippen LogP contribution is -2.43. The molecule has 0 heterocycles. The zero-order valence-electron chi connectivity index (χ0n) is 12.5. The van der Waals surface area contributed by atoms with Crippen LogP contribution in [0.1, 0.15) is 25.8 Å². The number of benzene rings is 1. The lowest BCUT2D eigenvalue weighted by atomic mass is 10.0. The molecule has 0 saturated carbocycles. The van der Waals surface area contributed by atoms with Crippen LogP contribution >= 0.6 is 11.6 Å². The van der Waals surface area contributed by atoms with E-state index >= 15 is 0 Å². The maximum atomic E-state index is 11.9. The van der Waals surface area contributed by atoms with Crippen molar-refractivity contribution in [2.45, 2.75) is 32.9 Å². The molecule has 1 unspecified atom stereocenters. The molecule has 1 rings (SSSR count). The van der Waals surface area contributed by atoms with Crippen molar-refractivity contribution >= 4 is 17.5 Å². The number of amides is 1. The van der Waals surface area contributed by atoms with E-state index in [-0.39, 0.29) is 11.9 Å². The van der Waals surface area contributed by atoms with Gasteiger partial charge in [0.05, 0.1) is 13.2 Å². The molecule has 1 aromatic carbocycles. The molecule has 0 aliphatic rings. The molecule has 2 N–H and O–H groups in total. The third-order valence-electron chi connectivity index (χ3n) is 3.09. The van der Waals surface area contributed by atoms with Crippen molar-refractivity contribution in [3.05, 3.63) is 28.8 Å². The van der Waals surface area contributed by atoms with Crippen molar-refractivity contribution in [2.24, 2.45) is 5.92 Å².